The minimum absolute atomic E-state index is 0.0432. The van der Waals surface area contributed by atoms with E-state index in [1.54, 1.807) is 18.5 Å². The number of aliphatic hydroxyl groups excluding tert-OH is 1. The van der Waals surface area contributed by atoms with Gasteiger partial charge in [-0.3, -0.25) is 4.79 Å². The molecule has 0 unspecified atom stereocenters. The second kappa shape index (κ2) is 7.48. The van der Waals surface area contributed by atoms with Crippen molar-refractivity contribution in [1.29, 1.82) is 0 Å². The van der Waals surface area contributed by atoms with E-state index >= 15 is 0 Å². The molecule has 0 aliphatic heterocycles. The first-order valence-electron chi connectivity index (χ1n) is 9.27. The summed E-state index contributed by atoms with van der Waals surface area (Å²) in [6, 6.07) is 12.3. The monoisotopic (exact) mass is 367 g/mol. The molecule has 6 heteroatoms. The van der Waals surface area contributed by atoms with E-state index in [4.69, 9.17) is 0 Å². The molecular formula is C21H22FN3O2. The van der Waals surface area contributed by atoms with Crippen molar-refractivity contribution < 1.29 is 14.3 Å². The third kappa shape index (κ3) is 4.01. The van der Waals surface area contributed by atoms with Gasteiger partial charge in [0.25, 0.3) is 0 Å². The van der Waals surface area contributed by atoms with Crippen LogP contribution in [0.5, 0.6) is 0 Å². The summed E-state index contributed by atoms with van der Waals surface area (Å²) in [5.41, 5.74) is 3.56. The fraction of sp³-hybridized carbons (Fsp3) is 0.333. The highest BCUT2D eigenvalue weighted by atomic mass is 19.1. The van der Waals surface area contributed by atoms with Gasteiger partial charge >= 0.3 is 0 Å². The van der Waals surface area contributed by atoms with Crippen molar-refractivity contribution in [2.45, 2.75) is 44.4 Å². The van der Waals surface area contributed by atoms with Crippen molar-refractivity contribution >= 4 is 16.9 Å². The number of hydrogen-bond donors (Lipinski definition) is 2. The smallest absolute Gasteiger partial charge is 0.240 e. The first kappa shape index (κ1) is 17.7. The van der Waals surface area contributed by atoms with E-state index < -0.39 is 0 Å². The summed E-state index contributed by atoms with van der Waals surface area (Å²) in [7, 11) is 0. The quantitative estimate of drug-likeness (QED) is 0.744. The van der Waals surface area contributed by atoms with Gasteiger partial charge in [0.2, 0.25) is 5.91 Å². The normalized spacial score (nSPS) is 19.9. The summed E-state index contributed by atoms with van der Waals surface area (Å²) in [6.45, 7) is 0.214. The van der Waals surface area contributed by atoms with Crippen molar-refractivity contribution in [3.05, 3.63) is 54.6 Å². The van der Waals surface area contributed by atoms with E-state index in [1.165, 1.54) is 12.1 Å². The molecule has 0 radical (unpaired) electrons. The summed E-state index contributed by atoms with van der Waals surface area (Å²) >= 11 is 0. The summed E-state index contributed by atoms with van der Waals surface area (Å²) in [5, 5.41) is 12.6. The van der Waals surface area contributed by atoms with Crippen LogP contribution in [-0.2, 0) is 11.3 Å². The molecule has 140 valence electrons. The number of rotatable bonds is 4. The lowest BCUT2D eigenvalue weighted by atomic mass is 9.93. The predicted octanol–water partition coefficient (Wildman–Crippen LogP) is 3.26. The maximum absolute atomic E-state index is 13.1. The van der Waals surface area contributed by atoms with E-state index in [9.17, 15) is 14.3 Å². The first-order chi connectivity index (χ1) is 13.1. The average Bonchev–Trinajstić information content (AvgIpc) is 3.06. The highest BCUT2D eigenvalue weighted by molar-refractivity contribution is 5.84. The molecule has 4 rings (SSSR count). The van der Waals surface area contributed by atoms with Crippen molar-refractivity contribution in [2.24, 2.45) is 0 Å². The maximum Gasteiger partial charge on any atom is 0.240 e. The van der Waals surface area contributed by atoms with Crippen LogP contribution < -0.4 is 5.32 Å². The second-order valence-electron chi connectivity index (χ2n) is 7.16. The number of amides is 1. The van der Waals surface area contributed by atoms with Gasteiger partial charge in [-0.15, -0.1) is 0 Å². The Kier molecular flexibility index (Phi) is 4.90. The number of imidazole rings is 1. The molecule has 1 fully saturated rings. The van der Waals surface area contributed by atoms with Crippen LogP contribution >= 0.6 is 0 Å². The Morgan fingerprint density at radius 1 is 1.11 bits per heavy atom. The van der Waals surface area contributed by atoms with E-state index in [-0.39, 0.29) is 30.4 Å². The fourth-order valence-electron chi connectivity index (χ4n) is 3.66. The molecule has 0 spiro atoms. The Labute approximate surface area is 156 Å². The third-order valence-electron chi connectivity index (χ3n) is 5.17. The number of aliphatic hydroxyl groups is 1. The standard InChI is InChI=1S/C21H22FN3O2/c22-16-4-1-14(2-5-16)15-3-10-20-19(11-15)23-13-25(20)12-21(27)24-17-6-8-18(26)9-7-17/h1-5,10-11,13,17-18,26H,6-9,12H2,(H,24,27). The summed E-state index contributed by atoms with van der Waals surface area (Å²) in [6.07, 6.45) is 4.56. The van der Waals surface area contributed by atoms with E-state index in [0.717, 1.165) is 47.8 Å². The van der Waals surface area contributed by atoms with Gasteiger partial charge in [0.15, 0.2) is 0 Å². The van der Waals surface area contributed by atoms with Gasteiger partial charge in [0.05, 0.1) is 23.5 Å². The number of benzene rings is 2. The van der Waals surface area contributed by atoms with Gasteiger partial charge < -0.3 is 15.0 Å². The summed E-state index contributed by atoms with van der Waals surface area (Å²) in [5.74, 6) is -0.305. The van der Waals surface area contributed by atoms with Gasteiger partial charge in [-0.2, -0.15) is 0 Å². The Morgan fingerprint density at radius 3 is 2.56 bits per heavy atom. The topological polar surface area (TPSA) is 67.2 Å². The SMILES string of the molecule is O=C(Cn1cnc2cc(-c3ccc(F)cc3)ccc21)NC1CCC(O)CC1. The molecule has 1 aliphatic rings. The molecule has 2 N–H and O–H groups in total. The van der Waals surface area contributed by atoms with Gasteiger partial charge in [-0.25, -0.2) is 9.37 Å². The number of nitrogens with one attached hydrogen (secondary N) is 1. The van der Waals surface area contributed by atoms with Crippen LogP contribution in [0.25, 0.3) is 22.2 Å². The molecule has 3 aromatic rings. The molecule has 5 nitrogen and oxygen atoms in total. The van der Waals surface area contributed by atoms with Crippen LogP contribution in [0.15, 0.2) is 48.8 Å². The Balaban J connectivity index is 1.46. The second-order valence-corrected chi connectivity index (χ2v) is 7.16. The zero-order chi connectivity index (χ0) is 18.8. The van der Waals surface area contributed by atoms with Crippen molar-refractivity contribution in [3.8, 4) is 11.1 Å². The fourth-order valence-corrected chi connectivity index (χ4v) is 3.66. The molecule has 27 heavy (non-hydrogen) atoms. The Bertz CT molecular complexity index is 944. The van der Waals surface area contributed by atoms with E-state index in [2.05, 4.69) is 10.3 Å². The molecule has 0 bridgehead atoms. The Hall–Kier alpha value is -2.73. The highest BCUT2D eigenvalue weighted by Crippen LogP contribution is 2.24. The molecule has 1 amide bonds. The minimum Gasteiger partial charge on any atom is -0.393 e. The number of halogens is 1. The van der Waals surface area contributed by atoms with Crippen LogP contribution in [0.3, 0.4) is 0 Å². The van der Waals surface area contributed by atoms with E-state index in [1.807, 2.05) is 22.8 Å². The number of nitrogens with zero attached hydrogens (tertiary/aromatic N) is 2. The number of carbonyl (C=O) groups excluding carboxylic acids is 1. The zero-order valence-corrected chi connectivity index (χ0v) is 14.9. The lowest BCUT2D eigenvalue weighted by Crippen LogP contribution is -2.40. The summed E-state index contributed by atoms with van der Waals surface area (Å²) in [4.78, 5) is 16.8. The molecule has 2 aromatic carbocycles. The molecule has 1 saturated carbocycles. The Morgan fingerprint density at radius 2 is 1.81 bits per heavy atom. The molecular weight excluding hydrogens is 345 g/mol. The average molecular weight is 367 g/mol. The lowest BCUT2D eigenvalue weighted by Gasteiger charge is -2.26. The van der Waals surface area contributed by atoms with Crippen LogP contribution in [0.2, 0.25) is 0 Å². The molecule has 0 atom stereocenters. The molecule has 0 saturated heterocycles. The third-order valence-corrected chi connectivity index (χ3v) is 5.17. The zero-order valence-electron chi connectivity index (χ0n) is 14.9. The van der Waals surface area contributed by atoms with E-state index in [0.29, 0.717) is 0 Å². The number of hydrogen-bond acceptors (Lipinski definition) is 3. The van der Waals surface area contributed by atoms with Crippen LogP contribution in [0.4, 0.5) is 4.39 Å². The summed E-state index contributed by atoms with van der Waals surface area (Å²) < 4.78 is 14.9. The van der Waals surface area contributed by atoms with Crippen LogP contribution in [-0.4, -0.2) is 32.7 Å². The first-order valence-corrected chi connectivity index (χ1v) is 9.27. The van der Waals surface area contributed by atoms with Crippen molar-refractivity contribution in [1.82, 2.24) is 14.9 Å². The molecule has 1 aliphatic carbocycles. The number of aromatic nitrogens is 2. The molecule has 1 heterocycles. The maximum atomic E-state index is 13.1. The van der Waals surface area contributed by atoms with Gasteiger partial charge in [0.1, 0.15) is 12.4 Å². The van der Waals surface area contributed by atoms with Crippen LogP contribution in [0, 0.1) is 5.82 Å². The van der Waals surface area contributed by atoms with Gasteiger partial charge in [0, 0.05) is 6.04 Å². The number of carbonyl (C=O) groups is 1. The van der Waals surface area contributed by atoms with Crippen molar-refractivity contribution in [2.75, 3.05) is 0 Å². The predicted molar refractivity (Wildman–Crippen MR) is 102 cm³/mol. The lowest BCUT2D eigenvalue weighted by molar-refractivity contribution is -0.122. The van der Waals surface area contributed by atoms with Crippen molar-refractivity contribution in [3.63, 3.8) is 0 Å². The largest absolute Gasteiger partial charge is 0.393 e. The number of fused-ring (bicyclic) bond motifs is 1. The molecule has 1 aromatic heterocycles. The van der Waals surface area contributed by atoms with Crippen LogP contribution in [0.1, 0.15) is 25.7 Å². The minimum atomic E-state index is -0.261. The van der Waals surface area contributed by atoms with Gasteiger partial charge in [-0.1, -0.05) is 18.2 Å². The van der Waals surface area contributed by atoms with Gasteiger partial charge in [-0.05, 0) is 61.1 Å². The highest BCUT2D eigenvalue weighted by Gasteiger charge is 2.21.